The molecule has 5 nitrogen and oxygen atoms in total. The molecule has 5 rings (SSSR count). The minimum absolute atomic E-state index is 0.0912. The summed E-state index contributed by atoms with van der Waals surface area (Å²) in [5.41, 5.74) is 1.63. The molecule has 1 aromatic heterocycles. The highest BCUT2D eigenvalue weighted by atomic mass is 19.1. The van der Waals surface area contributed by atoms with Gasteiger partial charge in [-0.15, -0.1) is 0 Å². The number of hydrogen-bond acceptors (Lipinski definition) is 3. The van der Waals surface area contributed by atoms with Gasteiger partial charge in [0, 0.05) is 37.6 Å². The number of halogens is 2. The number of benzene rings is 2. The number of carbonyl (C=O) groups excluding carboxylic acids is 1. The summed E-state index contributed by atoms with van der Waals surface area (Å²) >= 11 is 0. The number of amides is 1. The summed E-state index contributed by atoms with van der Waals surface area (Å²) in [6, 6.07) is 10.1. The summed E-state index contributed by atoms with van der Waals surface area (Å²) in [5.74, 6) is -2.11. The number of aromatic nitrogens is 1. The predicted molar refractivity (Wildman–Crippen MR) is 106 cm³/mol. The number of nitrogens with zero attached hydrogens (tertiary/aromatic N) is 2. The molecule has 0 saturated carbocycles. The van der Waals surface area contributed by atoms with E-state index in [1.165, 1.54) is 17.4 Å². The Morgan fingerprint density at radius 3 is 2.83 bits per heavy atom. The molecule has 3 aromatic rings. The van der Waals surface area contributed by atoms with Crippen molar-refractivity contribution in [3.8, 4) is 0 Å². The molecule has 3 heterocycles. The van der Waals surface area contributed by atoms with E-state index in [1.807, 2.05) is 12.1 Å². The normalized spacial score (nSPS) is 18.5. The molecule has 2 aliphatic rings. The number of hydrogen-bond donors (Lipinski definition) is 1. The Balaban J connectivity index is 1.47. The Hall–Kier alpha value is -3.22. The number of para-hydroxylation sites is 1. The van der Waals surface area contributed by atoms with Crippen molar-refractivity contribution in [1.82, 2.24) is 9.88 Å². The van der Waals surface area contributed by atoms with Crippen molar-refractivity contribution < 1.29 is 13.6 Å². The molecule has 7 heteroatoms. The Bertz CT molecular complexity index is 1190. The molecule has 29 heavy (non-hydrogen) atoms. The van der Waals surface area contributed by atoms with Crippen LogP contribution in [0.4, 0.5) is 14.5 Å². The van der Waals surface area contributed by atoms with Crippen LogP contribution < -0.4 is 10.3 Å². The third-order valence-electron chi connectivity index (χ3n) is 5.88. The number of anilines is 1. The van der Waals surface area contributed by atoms with Gasteiger partial charge in [0.05, 0.1) is 16.9 Å². The van der Waals surface area contributed by atoms with Crippen molar-refractivity contribution in [3.05, 3.63) is 75.6 Å². The molecule has 1 N–H and O–H groups in total. The highest BCUT2D eigenvalue weighted by Crippen LogP contribution is 2.33. The molecule has 2 aliphatic heterocycles. The molecule has 0 aliphatic carbocycles. The predicted octanol–water partition coefficient (Wildman–Crippen LogP) is 3.08. The van der Waals surface area contributed by atoms with Gasteiger partial charge in [-0.3, -0.25) is 9.59 Å². The van der Waals surface area contributed by atoms with E-state index in [0.29, 0.717) is 19.2 Å². The average Bonchev–Trinajstić information content (AvgIpc) is 2.91. The SMILES string of the molecule is O=C(c1c[nH]c2c(F)cc(F)cc2c1=O)N1CCCN2c3ccccc3CC2C1. The van der Waals surface area contributed by atoms with Crippen LogP contribution in [0.3, 0.4) is 0 Å². The van der Waals surface area contributed by atoms with Crippen molar-refractivity contribution in [2.45, 2.75) is 18.9 Å². The second-order valence-corrected chi connectivity index (χ2v) is 7.63. The fraction of sp³-hybridized carbons (Fsp3) is 0.273. The van der Waals surface area contributed by atoms with Gasteiger partial charge in [-0.2, -0.15) is 0 Å². The summed E-state index contributed by atoms with van der Waals surface area (Å²) in [6.45, 7) is 1.88. The van der Waals surface area contributed by atoms with Crippen LogP contribution in [0.1, 0.15) is 22.3 Å². The minimum atomic E-state index is -0.856. The standard InChI is InChI=1S/C22H19F2N3O2/c23-14-9-16-20(18(24)10-14)25-11-17(21(16)28)22(29)26-6-3-7-27-15(12-26)8-13-4-1-2-5-19(13)27/h1-2,4-5,9-11,15H,3,6-8,12H2,(H,25,28). The van der Waals surface area contributed by atoms with Crippen LogP contribution in [0.2, 0.25) is 0 Å². The molecule has 0 bridgehead atoms. The molecule has 1 atom stereocenters. The van der Waals surface area contributed by atoms with Gasteiger partial charge >= 0.3 is 0 Å². The zero-order valence-electron chi connectivity index (χ0n) is 15.6. The van der Waals surface area contributed by atoms with Crippen LogP contribution in [-0.4, -0.2) is 41.5 Å². The maximum absolute atomic E-state index is 13.9. The summed E-state index contributed by atoms with van der Waals surface area (Å²) < 4.78 is 27.5. The maximum atomic E-state index is 13.9. The van der Waals surface area contributed by atoms with Crippen molar-refractivity contribution in [2.75, 3.05) is 24.5 Å². The third-order valence-corrected chi connectivity index (χ3v) is 5.88. The fourth-order valence-corrected chi connectivity index (χ4v) is 4.54. The summed E-state index contributed by atoms with van der Waals surface area (Å²) in [6.07, 6.45) is 2.87. The van der Waals surface area contributed by atoms with Gasteiger partial charge < -0.3 is 14.8 Å². The molecule has 1 unspecified atom stereocenters. The van der Waals surface area contributed by atoms with Crippen molar-refractivity contribution in [3.63, 3.8) is 0 Å². The van der Waals surface area contributed by atoms with Crippen LogP contribution in [0, 0.1) is 11.6 Å². The van der Waals surface area contributed by atoms with E-state index in [2.05, 4.69) is 22.0 Å². The first kappa shape index (κ1) is 17.8. The van der Waals surface area contributed by atoms with E-state index >= 15 is 0 Å². The minimum Gasteiger partial charge on any atom is -0.366 e. The number of nitrogens with one attached hydrogen (secondary N) is 1. The van der Waals surface area contributed by atoms with Crippen LogP contribution in [0.25, 0.3) is 10.9 Å². The zero-order valence-corrected chi connectivity index (χ0v) is 15.6. The second kappa shape index (κ2) is 6.69. The Morgan fingerprint density at radius 1 is 1.14 bits per heavy atom. The molecular formula is C22H19F2N3O2. The Labute approximate surface area is 165 Å². The van der Waals surface area contributed by atoms with Gasteiger partial charge in [-0.05, 0) is 30.5 Å². The summed E-state index contributed by atoms with van der Waals surface area (Å²) in [4.78, 5) is 32.6. The summed E-state index contributed by atoms with van der Waals surface area (Å²) in [5, 5.41) is -0.155. The molecule has 1 amide bonds. The quantitative estimate of drug-likeness (QED) is 0.689. The van der Waals surface area contributed by atoms with Crippen LogP contribution in [-0.2, 0) is 6.42 Å². The Kier molecular flexibility index (Phi) is 4.12. The molecular weight excluding hydrogens is 376 g/mol. The van der Waals surface area contributed by atoms with E-state index in [9.17, 15) is 18.4 Å². The van der Waals surface area contributed by atoms with Crippen LogP contribution >= 0.6 is 0 Å². The lowest BCUT2D eigenvalue weighted by Crippen LogP contribution is -2.42. The highest BCUT2D eigenvalue weighted by Gasteiger charge is 2.34. The first-order chi connectivity index (χ1) is 14.0. The second-order valence-electron chi connectivity index (χ2n) is 7.63. The largest absolute Gasteiger partial charge is 0.366 e. The van der Waals surface area contributed by atoms with Crippen LogP contribution in [0.15, 0.2) is 47.4 Å². The van der Waals surface area contributed by atoms with Gasteiger partial charge in [-0.1, -0.05) is 18.2 Å². The fourth-order valence-electron chi connectivity index (χ4n) is 4.54. The zero-order chi connectivity index (χ0) is 20.1. The van der Waals surface area contributed by atoms with Gasteiger partial charge in [0.15, 0.2) is 0 Å². The first-order valence-electron chi connectivity index (χ1n) is 9.67. The monoisotopic (exact) mass is 395 g/mol. The van der Waals surface area contributed by atoms with E-state index in [1.54, 1.807) is 4.90 Å². The van der Waals surface area contributed by atoms with E-state index in [-0.39, 0.29) is 22.5 Å². The molecule has 1 fully saturated rings. The van der Waals surface area contributed by atoms with Crippen LogP contribution in [0.5, 0.6) is 0 Å². The molecule has 148 valence electrons. The Morgan fingerprint density at radius 2 is 1.97 bits per heavy atom. The van der Waals surface area contributed by atoms with E-state index in [0.717, 1.165) is 25.5 Å². The maximum Gasteiger partial charge on any atom is 0.259 e. The number of carbonyl (C=O) groups is 1. The molecule has 0 radical (unpaired) electrons. The van der Waals surface area contributed by atoms with E-state index in [4.69, 9.17) is 0 Å². The first-order valence-corrected chi connectivity index (χ1v) is 9.67. The van der Waals surface area contributed by atoms with Crippen molar-refractivity contribution in [2.24, 2.45) is 0 Å². The number of pyridine rings is 1. The smallest absolute Gasteiger partial charge is 0.259 e. The van der Waals surface area contributed by atoms with E-state index < -0.39 is 23.0 Å². The van der Waals surface area contributed by atoms with Crippen molar-refractivity contribution >= 4 is 22.5 Å². The molecule has 0 spiro atoms. The van der Waals surface area contributed by atoms with Gasteiger partial charge in [0.1, 0.15) is 17.2 Å². The lowest BCUT2D eigenvalue weighted by Gasteiger charge is -2.27. The number of rotatable bonds is 1. The van der Waals surface area contributed by atoms with Gasteiger partial charge in [0.2, 0.25) is 5.43 Å². The third kappa shape index (κ3) is 2.88. The topological polar surface area (TPSA) is 56.4 Å². The summed E-state index contributed by atoms with van der Waals surface area (Å²) in [7, 11) is 0. The molecule has 2 aromatic carbocycles. The lowest BCUT2D eigenvalue weighted by atomic mass is 10.1. The van der Waals surface area contributed by atoms with Crippen molar-refractivity contribution in [1.29, 1.82) is 0 Å². The number of H-pyrrole nitrogens is 1. The molecule has 1 saturated heterocycles. The number of aromatic amines is 1. The van der Waals surface area contributed by atoms with Gasteiger partial charge in [0.25, 0.3) is 5.91 Å². The average molecular weight is 395 g/mol. The lowest BCUT2D eigenvalue weighted by molar-refractivity contribution is 0.0754. The number of fused-ring (bicyclic) bond motifs is 4. The van der Waals surface area contributed by atoms with Gasteiger partial charge in [-0.25, -0.2) is 8.78 Å². The highest BCUT2D eigenvalue weighted by molar-refractivity contribution is 5.97.